The number of aryl methyl sites for hydroxylation is 1. The number of aromatic nitrogens is 1. The SMILES string of the molecule is CCCCC(=O)Nc1ccc2nc(SCCOc3cccc(C)c3)sc2c1. The first-order valence-corrected chi connectivity index (χ1v) is 11.0. The monoisotopic (exact) mass is 400 g/mol. The number of carbonyl (C=O) groups is 1. The van der Waals surface area contributed by atoms with Gasteiger partial charge in [-0.3, -0.25) is 4.79 Å². The Balaban J connectivity index is 1.52. The Morgan fingerprint density at radius 3 is 2.96 bits per heavy atom. The van der Waals surface area contributed by atoms with Gasteiger partial charge in [0.15, 0.2) is 4.34 Å². The van der Waals surface area contributed by atoms with Crippen molar-refractivity contribution in [2.75, 3.05) is 17.7 Å². The van der Waals surface area contributed by atoms with Crippen LogP contribution in [0.4, 0.5) is 5.69 Å². The number of thioether (sulfide) groups is 1. The minimum atomic E-state index is 0.0728. The first-order chi connectivity index (χ1) is 13.1. The lowest BCUT2D eigenvalue weighted by atomic mass is 10.2. The van der Waals surface area contributed by atoms with Crippen LogP contribution in [0.1, 0.15) is 31.7 Å². The summed E-state index contributed by atoms with van der Waals surface area (Å²) < 4.78 is 7.90. The van der Waals surface area contributed by atoms with Gasteiger partial charge in [-0.1, -0.05) is 37.2 Å². The van der Waals surface area contributed by atoms with Gasteiger partial charge in [0.05, 0.1) is 16.8 Å². The van der Waals surface area contributed by atoms with E-state index in [1.54, 1.807) is 23.1 Å². The predicted octanol–water partition coefficient (Wildman–Crippen LogP) is 5.90. The summed E-state index contributed by atoms with van der Waals surface area (Å²) in [7, 11) is 0. The Labute approximate surface area is 168 Å². The molecule has 0 atom stereocenters. The van der Waals surface area contributed by atoms with E-state index in [0.29, 0.717) is 13.0 Å². The van der Waals surface area contributed by atoms with Gasteiger partial charge in [0.2, 0.25) is 5.91 Å². The highest BCUT2D eigenvalue weighted by molar-refractivity contribution is 8.01. The quantitative estimate of drug-likeness (QED) is 0.359. The normalized spacial score (nSPS) is 10.9. The van der Waals surface area contributed by atoms with Gasteiger partial charge in [-0.2, -0.15) is 0 Å². The molecule has 0 fully saturated rings. The summed E-state index contributed by atoms with van der Waals surface area (Å²) in [6.07, 6.45) is 2.51. The van der Waals surface area contributed by atoms with Crippen molar-refractivity contribution in [3.8, 4) is 5.75 Å². The summed E-state index contributed by atoms with van der Waals surface area (Å²) in [5.41, 5.74) is 3.00. The molecule has 0 saturated carbocycles. The van der Waals surface area contributed by atoms with E-state index in [2.05, 4.69) is 30.2 Å². The number of hydrogen-bond acceptors (Lipinski definition) is 5. The molecule has 0 aliphatic carbocycles. The van der Waals surface area contributed by atoms with Gasteiger partial charge >= 0.3 is 0 Å². The third-order valence-corrected chi connectivity index (χ3v) is 6.10. The minimum absolute atomic E-state index is 0.0728. The average Bonchev–Trinajstić information content (AvgIpc) is 3.06. The second-order valence-corrected chi connectivity index (χ2v) is 8.70. The number of carbonyl (C=O) groups excluding carboxylic acids is 1. The van der Waals surface area contributed by atoms with Crippen molar-refractivity contribution >= 4 is 44.9 Å². The molecule has 142 valence electrons. The number of rotatable bonds is 9. The van der Waals surface area contributed by atoms with E-state index < -0.39 is 0 Å². The Morgan fingerprint density at radius 2 is 2.15 bits per heavy atom. The first-order valence-electron chi connectivity index (χ1n) is 9.17. The fraction of sp³-hybridized carbons (Fsp3) is 0.333. The maximum absolute atomic E-state index is 11.9. The van der Waals surface area contributed by atoms with Crippen molar-refractivity contribution in [2.24, 2.45) is 0 Å². The van der Waals surface area contributed by atoms with Crippen molar-refractivity contribution < 1.29 is 9.53 Å². The summed E-state index contributed by atoms with van der Waals surface area (Å²) >= 11 is 3.35. The smallest absolute Gasteiger partial charge is 0.224 e. The number of nitrogens with zero attached hydrogens (tertiary/aromatic N) is 1. The Hall–Kier alpha value is -2.05. The van der Waals surface area contributed by atoms with Crippen LogP contribution in [-0.2, 0) is 4.79 Å². The highest BCUT2D eigenvalue weighted by atomic mass is 32.2. The van der Waals surface area contributed by atoms with Crippen LogP contribution < -0.4 is 10.1 Å². The van der Waals surface area contributed by atoms with Gasteiger partial charge in [-0.25, -0.2) is 4.98 Å². The van der Waals surface area contributed by atoms with E-state index in [9.17, 15) is 4.79 Å². The van der Waals surface area contributed by atoms with Crippen LogP contribution in [0.5, 0.6) is 5.75 Å². The molecule has 3 rings (SSSR count). The summed E-state index contributed by atoms with van der Waals surface area (Å²) in [4.78, 5) is 16.5. The van der Waals surface area contributed by atoms with Crippen molar-refractivity contribution in [2.45, 2.75) is 37.4 Å². The lowest BCUT2D eigenvalue weighted by molar-refractivity contribution is -0.116. The molecule has 1 heterocycles. The number of nitrogens with one attached hydrogen (secondary N) is 1. The first kappa shape index (κ1) is 19.7. The van der Waals surface area contributed by atoms with Gasteiger partial charge in [-0.15, -0.1) is 11.3 Å². The van der Waals surface area contributed by atoms with Crippen molar-refractivity contribution in [3.63, 3.8) is 0 Å². The third kappa shape index (κ3) is 5.97. The van der Waals surface area contributed by atoms with Crippen molar-refractivity contribution in [3.05, 3.63) is 48.0 Å². The second-order valence-electron chi connectivity index (χ2n) is 6.33. The molecule has 1 amide bonds. The largest absolute Gasteiger partial charge is 0.493 e. The van der Waals surface area contributed by atoms with Gasteiger partial charge < -0.3 is 10.1 Å². The summed E-state index contributed by atoms with van der Waals surface area (Å²) in [5.74, 6) is 1.82. The highest BCUT2D eigenvalue weighted by Gasteiger charge is 2.07. The molecule has 0 unspecified atom stereocenters. The molecule has 0 radical (unpaired) electrons. The maximum Gasteiger partial charge on any atom is 0.224 e. The van der Waals surface area contributed by atoms with Gasteiger partial charge in [-0.05, 0) is 49.2 Å². The van der Waals surface area contributed by atoms with E-state index in [1.807, 2.05) is 36.4 Å². The van der Waals surface area contributed by atoms with Crippen LogP contribution in [0.3, 0.4) is 0 Å². The van der Waals surface area contributed by atoms with Crippen LogP contribution in [0.25, 0.3) is 10.2 Å². The minimum Gasteiger partial charge on any atom is -0.493 e. The zero-order valence-electron chi connectivity index (χ0n) is 15.7. The van der Waals surface area contributed by atoms with Crippen LogP contribution >= 0.6 is 23.1 Å². The molecule has 6 heteroatoms. The molecular weight excluding hydrogens is 376 g/mol. The molecule has 1 aromatic heterocycles. The van der Waals surface area contributed by atoms with E-state index in [0.717, 1.165) is 44.6 Å². The highest BCUT2D eigenvalue weighted by Crippen LogP contribution is 2.31. The fourth-order valence-electron chi connectivity index (χ4n) is 2.60. The zero-order chi connectivity index (χ0) is 19.1. The molecule has 0 aliphatic rings. The third-order valence-electron chi connectivity index (χ3n) is 3.98. The maximum atomic E-state index is 11.9. The Kier molecular flexibility index (Phi) is 7.12. The van der Waals surface area contributed by atoms with Crippen molar-refractivity contribution in [1.82, 2.24) is 4.98 Å². The molecule has 1 N–H and O–H groups in total. The average molecular weight is 401 g/mol. The summed E-state index contributed by atoms with van der Waals surface area (Å²) in [5, 5.41) is 2.97. The summed E-state index contributed by atoms with van der Waals surface area (Å²) in [6, 6.07) is 14.0. The van der Waals surface area contributed by atoms with Crippen LogP contribution in [0, 0.1) is 6.92 Å². The van der Waals surface area contributed by atoms with E-state index in [1.165, 1.54) is 5.56 Å². The molecular formula is C21H24N2O2S2. The zero-order valence-corrected chi connectivity index (χ0v) is 17.3. The molecule has 0 saturated heterocycles. The molecule has 0 spiro atoms. The van der Waals surface area contributed by atoms with Crippen LogP contribution in [-0.4, -0.2) is 23.3 Å². The van der Waals surface area contributed by atoms with Crippen molar-refractivity contribution in [1.29, 1.82) is 0 Å². The van der Waals surface area contributed by atoms with E-state index in [4.69, 9.17) is 4.74 Å². The molecule has 0 aliphatic heterocycles. The molecule has 3 aromatic rings. The number of benzene rings is 2. The van der Waals surface area contributed by atoms with Crippen LogP contribution in [0.15, 0.2) is 46.8 Å². The molecule has 4 nitrogen and oxygen atoms in total. The number of thiazole rings is 1. The number of fused-ring (bicyclic) bond motifs is 1. The molecule has 0 bridgehead atoms. The van der Waals surface area contributed by atoms with Gasteiger partial charge in [0, 0.05) is 17.9 Å². The lowest BCUT2D eigenvalue weighted by Gasteiger charge is -2.05. The predicted molar refractivity (Wildman–Crippen MR) is 115 cm³/mol. The fourth-order valence-corrected chi connectivity index (χ4v) is 4.59. The summed E-state index contributed by atoms with van der Waals surface area (Å²) in [6.45, 7) is 4.79. The van der Waals surface area contributed by atoms with E-state index >= 15 is 0 Å². The second kappa shape index (κ2) is 9.76. The van der Waals surface area contributed by atoms with Gasteiger partial charge in [0.1, 0.15) is 5.75 Å². The Bertz CT molecular complexity index is 908. The molecule has 27 heavy (non-hydrogen) atoms. The standard InChI is InChI=1S/C21H24N2O2S2/c1-3-4-8-20(24)22-16-9-10-18-19(14-16)27-21(23-18)26-12-11-25-17-7-5-6-15(2)13-17/h5-7,9-10,13-14H,3-4,8,11-12H2,1-2H3,(H,22,24). The number of unbranched alkanes of at least 4 members (excludes halogenated alkanes) is 1. The van der Waals surface area contributed by atoms with E-state index in [-0.39, 0.29) is 5.91 Å². The Morgan fingerprint density at radius 1 is 1.26 bits per heavy atom. The lowest BCUT2D eigenvalue weighted by Crippen LogP contribution is -2.10. The number of ether oxygens (including phenoxy) is 1. The number of anilines is 1. The van der Waals surface area contributed by atoms with Crippen LogP contribution in [0.2, 0.25) is 0 Å². The topological polar surface area (TPSA) is 51.2 Å². The number of amides is 1. The molecule has 2 aromatic carbocycles. The number of hydrogen-bond donors (Lipinski definition) is 1. The van der Waals surface area contributed by atoms with Gasteiger partial charge in [0.25, 0.3) is 0 Å².